The Kier molecular flexibility index (Phi) is 5.04. The molecule has 0 unspecified atom stereocenters. The maximum Gasteiger partial charge on any atom is 0.266 e. The summed E-state index contributed by atoms with van der Waals surface area (Å²) in [6.45, 7) is 2.47. The van der Waals surface area contributed by atoms with E-state index < -0.39 is 5.91 Å². The van der Waals surface area contributed by atoms with Crippen LogP contribution in [0.5, 0.6) is 5.75 Å². The number of benzene rings is 2. The zero-order valence-corrected chi connectivity index (χ0v) is 14.5. The summed E-state index contributed by atoms with van der Waals surface area (Å²) in [4.78, 5) is 28.7. The van der Waals surface area contributed by atoms with Crippen LogP contribution in [0.2, 0.25) is 0 Å². The summed E-state index contributed by atoms with van der Waals surface area (Å²) in [5.41, 5.74) is 6.29. The van der Waals surface area contributed by atoms with Crippen molar-refractivity contribution in [2.24, 2.45) is 5.73 Å². The Morgan fingerprint density at radius 1 is 1.20 bits per heavy atom. The van der Waals surface area contributed by atoms with E-state index in [2.05, 4.69) is 4.98 Å². The summed E-state index contributed by atoms with van der Waals surface area (Å²) in [5, 5.41) is 0.937. The Hall–Kier alpha value is -2.80. The van der Waals surface area contributed by atoms with Crippen LogP contribution in [0.15, 0.2) is 58.5 Å². The first kappa shape index (κ1) is 17.0. The molecular weight excluding hydrogens is 338 g/mol. The van der Waals surface area contributed by atoms with Gasteiger partial charge in [0, 0.05) is 0 Å². The largest absolute Gasteiger partial charge is 0.494 e. The average Bonchev–Trinajstić information content (AvgIpc) is 2.61. The third-order valence-corrected chi connectivity index (χ3v) is 4.46. The Bertz CT molecular complexity index is 967. The summed E-state index contributed by atoms with van der Waals surface area (Å²) in [5.74, 6) is 0.298. The van der Waals surface area contributed by atoms with Gasteiger partial charge in [0.15, 0.2) is 5.16 Å². The van der Waals surface area contributed by atoms with Crippen molar-refractivity contribution in [2.75, 3.05) is 12.4 Å². The van der Waals surface area contributed by atoms with Crippen LogP contribution in [0.3, 0.4) is 0 Å². The number of hydrogen-bond donors (Lipinski definition) is 1. The lowest BCUT2D eigenvalue weighted by Gasteiger charge is -2.13. The Morgan fingerprint density at radius 2 is 1.92 bits per heavy atom. The van der Waals surface area contributed by atoms with Gasteiger partial charge in [0.1, 0.15) is 5.75 Å². The van der Waals surface area contributed by atoms with Gasteiger partial charge in [-0.1, -0.05) is 23.9 Å². The van der Waals surface area contributed by atoms with E-state index in [9.17, 15) is 9.59 Å². The fourth-order valence-electron chi connectivity index (χ4n) is 2.43. The van der Waals surface area contributed by atoms with Gasteiger partial charge in [0.25, 0.3) is 5.56 Å². The molecule has 0 aliphatic heterocycles. The molecule has 0 spiro atoms. The summed E-state index contributed by atoms with van der Waals surface area (Å²) in [6, 6.07) is 14.3. The lowest BCUT2D eigenvalue weighted by atomic mass is 10.2. The standard InChI is InChI=1S/C18H17N3O3S/c1-2-24-13-9-7-12(8-10-13)21-17(23)14-5-3-4-6-15(14)20-18(21)25-11-16(19)22/h3-10H,2,11H2,1H3,(H2,19,22). The molecule has 1 amide bonds. The molecule has 0 fully saturated rings. The second kappa shape index (κ2) is 7.40. The van der Waals surface area contributed by atoms with Crippen molar-refractivity contribution in [3.8, 4) is 11.4 Å². The predicted molar refractivity (Wildman–Crippen MR) is 98.4 cm³/mol. The summed E-state index contributed by atoms with van der Waals surface area (Å²) < 4.78 is 6.93. The number of aromatic nitrogens is 2. The Labute approximate surface area is 148 Å². The molecule has 0 saturated carbocycles. The molecule has 0 aliphatic rings. The third kappa shape index (κ3) is 3.66. The topological polar surface area (TPSA) is 87.2 Å². The number of nitrogens with zero attached hydrogens (tertiary/aromatic N) is 2. The second-order valence-electron chi connectivity index (χ2n) is 5.23. The van der Waals surface area contributed by atoms with Gasteiger partial charge in [-0.15, -0.1) is 0 Å². The second-order valence-corrected chi connectivity index (χ2v) is 6.18. The lowest BCUT2D eigenvalue weighted by Crippen LogP contribution is -2.23. The molecule has 1 aromatic heterocycles. The average molecular weight is 355 g/mol. The van der Waals surface area contributed by atoms with Crippen molar-refractivity contribution in [2.45, 2.75) is 12.1 Å². The number of amides is 1. The number of rotatable bonds is 6. The van der Waals surface area contributed by atoms with E-state index in [1.807, 2.05) is 13.0 Å². The monoisotopic (exact) mass is 355 g/mol. The summed E-state index contributed by atoms with van der Waals surface area (Å²) in [7, 11) is 0. The maximum absolute atomic E-state index is 13.0. The van der Waals surface area contributed by atoms with Crippen molar-refractivity contribution in [1.29, 1.82) is 0 Å². The van der Waals surface area contributed by atoms with Gasteiger partial charge >= 0.3 is 0 Å². The molecule has 2 aromatic carbocycles. The number of carbonyl (C=O) groups excluding carboxylic acids is 1. The quantitative estimate of drug-likeness (QED) is 0.542. The van der Waals surface area contributed by atoms with Crippen LogP contribution in [-0.4, -0.2) is 27.8 Å². The van der Waals surface area contributed by atoms with Gasteiger partial charge in [0.05, 0.1) is 29.0 Å². The molecule has 0 bridgehead atoms. The lowest BCUT2D eigenvalue weighted by molar-refractivity contribution is -0.115. The fourth-order valence-corrected chi connectivity index (χ4v) is 3.18. The van der Waals surface area contributed by atoms with Crippen molar-refractivity contribution < 1.29 is 9.53 Å². The molecule has 3 aromatic rings. The van der Waals surface area contributed by atoms with Gasteiger partial charge in [-0.05, 0) is 43.3 Å². The van der Waals surface area contributed by atoms with Gasteiger partial charge < -0.3 is 10.5 Å². The SMILES string of the molecule is CCOc1ccc(-n2c(SCC(N)=O)nc3ccccc3c2=O)cc1. The number of nitrogens with two attached hydrogens (primary N) is 1. The van der Waals surface area contributed by atoms with Gasteiger partial charge in [-0.3, -0.25) is 14.2 Å². The number of carbonyl (C=O) groups is 1. The number of ether oxygens (including phenoxy) is 1. The zero-order chi connectivity index (χ0) is 17.8. The van der Waals surface area contributed by atoms with Crippen molar-refractivity contribution in [1.82, 2.24) is 9.55 Å². The summed E-state index contributed by atoms with van der Waals surface area (Å²) in [6.07, 6.45) is 0. The van der Waals surface area contributed by atoms with E-state index in [4.69, 9.17) is 10.5 Å². The van der Waals surface area contributed by atoms with Crippen LogP contribution in [-0.2, 0) is 4.79 Å². The van der Waals surface area contributed by atoms with Crippen molar-refractivity contribution in [3.05, 3.63) is 58.9 Å². The summed E-state index contributed by atoms with van der Waals surface area (Å²) >= 11 is 1.14. The molecule has 7 heteroatoms. The highest BCUT2D eigenvalue weighted by Gasteiger charge is 2.14. The molecule has 0 radical (unpaired) electrons. The van der Waals surface area contributed by atoms with Crippen LogP contribution in [0.1, 0.15) is 6.92 Å². The van der Waals surface area contributed by atoms with E-state index in [1.54, 1.807) is 42.5 Å². The predicted octanol–water partition coefficient (Wildman–Crippen LogP) is 2.36. The van der Waals surface area contributed by atoms with Crippen LogP contribution in [0.4, 0.5) is 0 Å². The molecule has 0 atom stereocenters. The van der Waals surface area contributed by atoms with E-state index in [-0.39, 0.29) is 11.3 Å². The molecule has 3 rings (SSSR count). The van der Waals surface area contributed by atoms with E-state index in [0.717, 1.165) is 17.5 Å². The van der Waals surface area contributed by atoms with Crippen LogP contribution < -0.4 is 16.0 Å². The van der Waals surface area contributed by atoms with Crippen LogP contribution in [0.25, 0.3) is 16.6 Å². The number of thioether (sulfide) groups is 1. The van der Waals surface area contributed by atoms with Crippen molar-refractivity contribution >= 4 is 28.6 Å². The highest BCUT2D eigenvalue weighted by atomic mass is 32.2. The van der Waals surface area contributed by atoms with Crippen molar-refractivity contribution in [3.63, 3.8) is 0 Å². The van der Waals surface area contributed by atoms with E-state index in [1.165, 1.54) is 4.57 Å². The normalized spacial score (nSPS) is 10.8. The van der Waals surface area contributed by atoms with Gasteiger partial charge in [-0.25, -0.2) is 4.98 Å². The minimum absolute atomic E-state index is 0.0435. The van der Waals surface area contributed by atoms with Crippen LogP contribution >= 0.6 is 11.8 Å². The minimum Gasteiger partial charge on any atom is -0.494 e. The number of para-hydroxylation sites is 1. The number of fused-ring (bicyclic) bond motifs is 1. The zero-order valence-electron chi connectivity index (χ0n) is 13.6. The smallest absolute Gasteiger partial charge is 0.266 e. The molecule has 128 valence electrons. The minimum atomic E-state index is -0.467. The fraction of sp³-hybridized carbons (Fsp3) is 0.167. The highest BCUT2D eigenvalue weighted by Crippen LogP contribution is 2.22. The third-order valence-electron chi connectivity index (χ3n) is 3.49. The Balaban J connectivity index is 2.16. The van der Waals surface area contributed by atoms with Crippen LogP contribution in [0, 0.1) is 0 Å². The highest BCUT2D eigenvalue weighted by molar-refractivity contribution is 7.99. The molecule has 1 heterocycles. The maximum atomic E-state index is 13.0. The molecule has 6 nitrogen and oxygen atoms in total. The Morgan fingerprint density at radius 3 is 2.60 bits per heavy atom. The molecular formula is C18H17N3O3S. The number of primary amides is 1. The number of hydrogen-bond acceptors (Lipinski definition) is 5. The molecule has 0 saturated heterocycles. The molecule has 2 N–H and O–H groups in total. The first-order valence-corrected chi connectivity index (χ1v) is 8.75. The first-order valence-electron chi connectivity index (χ1n) is 7.76. The molecule has 25 heavy (non-hydrogen) atoms. The van der Waals surface area contributed by atoms with E-state index in [0.29, 0.717) is 28.4 Å². The first-order chi connectivity index (χ1) is 12.1. The molecule has 0 aliphatic carbocycles. The van der Waals surface area contributed by atoms with Gasteiger partial charge in [-0.2, -0.15) is 0 Å². The van der Waals surface area contributed by atoms with Gasteiger partial charge in [0.2, 0.25) is 5.91 Å². The van der Waals surface area contributed by atoms with E-state index >= 15 is 0 Å².